The van der Waals surface area contributed by atoms with Crippen molar-refractivity contribution in [2.75, 3.05) is 7.11 Å². The summed E-state index contributed by atoms with van der Waals surface area (Å²) in [5.74, 6) is -0.287. The van der Waals surface area contributed by atoms with Gasteiger partial charge in [0, 0.05) is 11.6 Å². The molecular formula is C15H17NO4. The monoisotopic (exact) mass is 275 g/mol. The Labute approximate surface area is 117 Å². The Morgan fingerprint density at radius 2 is 1.95 bits per heavy atom. The number of carbonyl (C=O) groups excluding carboxylic acids is 1. The number of ether oxygens (including phenoxy) is 1. The molecule has 1 aromatic carbocycles. The second-order valence-corrected chi connectivity index (χ2v) is 5.45. The third kappa shape index (κ3) is 1.94. The van der Waals surface area contributed by atoms with Crippen LogP contribution in [0.2, 0.25) is 0 Å². The minimum Gasteiger partial charge on any atom is -0.497 e. The third-order valence-electron chi connectivity index (χ3n) is 4.41. The number of carboxylic acid groups (broad SMARTS) is 1. The van der Waals surface area contributed by atoms with Gasteiger partial charge in [-0.05, 0) is 49.4 Å². The number of hydrogen-bond donors (Lipinski definition) is 1. The molecule has 106 valence electrons. The minimum atomic E-state index is -0.890. The molecular weight excluding hydrogens is 258 g/mol. The van der Waals surface area contributed by atoms with Crippen LogP contribution in [-0.4, -0.2) is 41.1 Å². The van der Waals surface area contributed by atoms with E-state index in [2.05, 4.69) is 0 Å². The Morgan fingerprint density at radius 3 is 2.55 bits per heavy atom. The first-order valence-electron chi connectivity index (χ1n) is 6.81. The van der Waals surface area contributed by atoms with E-state index in [1.807, 2.05) is 0 Å². The summed E-state index contributed by atoms with van der Waals surface area (Å²) in [6.45, 7) is 0. The van der Waals surface area contributed by atoms with Gasteiger partial charge in [0.05, 0.1) is 7.11 Å². The van der Waals surface area contributed by atoms with E-state index >= 15 is 0 Å². The van der Waals surface area contributed by atoms with E-state index in [9.17, 15) is 14.7 Å². The maximum absolute atomic E-state index is 12.6. The van der Waals surface area contributed by atoms with Crippen LogP contribution >= 0.6 is 0 Å². The van der Waals surface area contributed by atoms with Crippen LogP contribution in [0.1, 0.15) is 29.6 Å². The molecule has 1 aliphatic heterocycles. The van der Waals surface area contributed by atoms with Crippen molar-refractivity contribution < 1.29 is 19.4 Å². The molecule has 1 saturated carbocycles. The van der Waals surface area contributed by atoms with Crippen molar-refractivity contribution in [3.63, 3.8) is 0 Å². The lowest BCUT2D eigenvalue weighted by molar-refractivity contribution is -0.143. The van der Waals surface area contributed by atoms with Crippen LogP contribution in [0.15, 0.2) is 24.3 Å². The van der Waals surface area contributed by atoms with Gasteiger partial charge in [-0.25, -0.2) is 4.79 Å². The van der Waals surface area contributed by atoms with Gasteiger partial charge in [-0.2, -0.15) is 0 Å². The van der Waals surface area contributed by atoms with Crippen molar-refractivity contribution in [3.05, 3.63) is 29.8 Å². The highest BCUT2D eigenvalue weighted by Crippen LogP contribution is 2.43. The number of amides is 1. The number of methoxy groups -OCH3 is 1. The lowest BCUT2D eigenvalue weighted by Gasteiger charge is -2.32. The van der Waals surface area contributed by atoms with Crippen molar-refractivity contribution in [3.8, 4) is 5.75 Å². The predicted octanol–water partition coefficient (Wildman–Crippen LogP) is 1.77. The molecule has 1 aliphatic carbocycles. The van der Waals surface area contributed by atoms with Gasteiger partial charge in [-0.3, -0.25) is 4.79 Å². The maximum Gasteiger partial charge on any atom is 0.326 e. The van der Waals surface area contributed by atoms with Gasteiger partial charge in [-0.15, -0.1) is 0 Å². The SMILES string of the molecule is COc1ccc(C(=O)N2C3CCC(C3)C2C(=O)O)cc1. The fourth-order valence-corrected chi connectivity index (χ4v) is 3.48. The van der Waals surface area contributed by atoms with Crippen LogP contribution in [0.5, 0.6) is 5.75 Å². The number of hydrogen-bond acceptors (Lipinski definition) is 3. The summed E-state index contributed by atoms with van der Waals surface area (Å²) < 4.78 is 5.06. The zero-order valence-corrected chi connectivity index (χ0v) is 11.3. The van der Waals surface area contributed by atoms with E-state index in [4.69, 9.17) is 4.74 Å². The zero-order chi connectivity index (χ0) is 14.3. The summed E-state index contributed by atoms with van der Waals surface area (Å²) in [7, 11) is 1.57. The first-order valence-corrected chi connectivity index (χ1v) is 6.81. The average molecular weight is 275 g/mol. The summed E-state index contributed by atoms with van der Waals surface area (Å²) in [4.78, 5) is 25.6. The van der Waals surface area contributed by atoms with E-state index in [0.29, 0.717) is 11.3 Å². The Bertz CT molecular complexity index is 539. The quantitative estimate of drug-likeness (QED) is 0.913. The zero-order valence-electron chi connectivity index (χ0n) is 11.3. The normalized spacial score (nSPS) is 27.6. The first kappa shape index (κ1) is 13.0. The van der Waals surface area contributed by atoms with Gasteiger partial charge in [0.2, 0.25) is 0 Å². The van der Waals surface area contributed by atoms with Crippen molar-refractivity contribution >= 4 is 11.9 Å². The largest absolute Gasteiger partial charge is 0.497 e. The molecule has 3 rings (SSSR count). The van der Waals surface area contributed by atoms with Gasteiger partial charge in [0.1, 0.15) is 11.8 Å². The van der Waals surface area contributed by atoms with Crippen molar-refractivity contribution in [2.45, 2.75) is 31.3 Å². The standard InChI is InChI=1S/C15H17NO4/c1-20-12-6-3-9(4-7-12)14(17)16-11-5-2-10(8-11)13(16)15(18)19/h3-4,6-7,10-11,13H,2,5,8H2,1H3,(H,18,19). The van der Waals surface area contributed by atoms with E-state index in [0.717, 1.165) is 19.3 Å². The summed E-state index contributed by atoms with van der Waals surface area (Å²) in [5, 5.41) is 9.37. The highest BCUT2D eigenvalue weighted by atomic mass is 16.5. The summed E-state index contributed by atoms with van der Waals surface area (Å²) in [6.07, 6.45) is 2.64. The van der Waals surface area contributed by atoms with Gasteiger partial charge in [0.25, 0.3) is 5.91 Å². The molecule has 2 fully saturated rings. The second-order valence-electron chi connectivity index (χ2n) is 5.45. The smallest absolute Gasteiger partial charge is 0.326 e. The summed E-state index contributed by atoms with van der Waals surface area (Å²) in [6, 6.07) is 6.23. The molecule has 3 atom stereocenters. The van der Waals surface area contributed by atoms with Gasteiger partial charge >= 0.3 is 5.97 Å². The van der Waals surface area contributed by atoms with Crippen LogP contribution in [0.4, 0.5) is 0 Å². The van der Waals surface area contributed by atoms with E-state index in [1.165, 1.54) is 0 Å². The number of benzene rings is 1. The molecule has 1 aromatic rings. The number of aliphatic carboxylic acids is 1. The fraction of sp³-hybridized carbons (Fsp3) is 0.467. The Morgan fingerprint density at radius 1 is 1.25 bits per heavy atom. The summed E-state index contributed by atoms with van der Waals surface area (Å²) >= 11 is 0. The molecule has 1 amide bonds. The fourth-order valence-electron chi connectivity index (χ4n) is 3.48. The Hall–Kier alpha value is -2.04. The Kier molecular flexibility index (Phi) is 3.12. The lowest BCUT2D eigenvalue weighted by atomic mass is 9.98. The molecule has 3 unspecified atom stereocenters. The van der Waals surface area contributed by atoms with Crippen LogP contribution in [0.25, 0.3) is 0 Å². The van der Waals surface area contributed by atoms with Crippen molar-refractivity contribution in [1.29, 1.82) is 0 Å². The number of fused-ring (bicyclic) bond motifs is 2. The molecule has 2 bridgehead atoms. The molecule has 2 aliphatic rings. The van der Waals surface area contributed by atoms with Gasteiger partial charge in [0.15, 0.2) is 0 Å². The van der Waals surface area contributed by atoms with Crippen LogP contribution < -0.4 is 4.74 Å². The van der Waals surface area contributed by atoms with Crippen LogP contribution in [0.3, 0.4) is 0 Å². The number of rotatable bonds is 3. The summed E-state index contributed by atoms with van der Waals surface area (Å²) in [5.41, 5.74) is 0.518. The molecule has 0 spiro atoms. The van der Waals surface area contributed by atoms with E-state index < -0.39 is 12.0 Å². The predicted molar refractivity (Wildman–Crippen MR) is 71.7 cm³/mol. The third-order valence-corrected chi connectivity index (χ3v) is 4.41. The molecule has 1 saturated heterocycles. The Balaban J connectivity index is 1.86. The molecule has 1 heterocycles. The highest BCUT2D eigenvalue weighted by Gasteiger charge is 2.51. The molecule has 0 radical (unpaired) electrons. The highest BCUT2D eigenvalue weighted by molar-refractivity contribution is 5.97. The van der Waals surface area contributed by atoms with Crippen LogP contribution in [0, 0.1) is 5.92 Å². The van der Waals surface area contributed by atoms with E-state index in [1.54, 1.807) is 36.3 Å². The lowest BCUT2D eigenvalue weighted by Crippen LogP contribution is -2.49. The van der Waals surface area contributed by atoms with Crippen molar-refractivity contribution in [1.82, 2.24) is 4.90 Å². The van der Waals surface area contributed by atoms with Gasteiger partial charge < -0.3 is 14.7 Å². The maximum atomic E-state index is 12.6. The molecule has 0 aromatic heterocycles. The van der Waals surface area contributed by atoms with E-state index in [-0.39, 0.29) is 17.9 Å². The molecule has 20 heavy (non-hydrogen) atoms. The second kappa shape index (κ2) is 4.81. The topological polar surface area (TPSA) is 66.8 Å². The number of carbonyl (C=O) groups is 2. The van der Waals surface area contributed by atoms with Crippen molar-refractivity contribution in [2.24, 2.45) is 5.92 Å². The number of piperidine rings is 1. The average Bonchev–Trinajstić information content (AvgIpc) is 3.07. The molecule has 1 N–H and O–H groups in total. The number of likely N-dealkylation sites (tertiary alicyclic amines) is 1. The molecule has 5 nitrogen and oxygen atoms in total. The first-order chi connectivity index (χ1) is 9.61. The number of carboxylic acids is 1. The minimum absolute atomic E-state index is 0.0794. The number of nitrogens with zero attached hydrogens (tertiary/aromatic N) is 1. The van der Waals surface area contributed by atoms with Gasteiger partial charge in [-0.1, -0.05) is 0 Å². The van der Waals surface area contributed by atoms with Crippen LogP contribution in [-0.2, 0) is 4.79 Å². The molecule has 5 heteroatoms.